The lowest BCUT2D eigenvalue weighted by molar-refractivity contribution is -0.137. The number of rotatable bonds is 3. The van der Waals surface area contributed by atoms with Crippen molar-refractivity contribution >= 4 is 11.6 Å². The van der Waals surface area contributed by atoms with Gasteiger partial charge in [0.25, 0.3) is 0 Å². The molecule has 24 heavy (non-hydrogen) atoms. The summed E-state index contributed by atoms with van der Waals surface area (Å²) in [5.41, 5.74) is 2.95. The minimum absolute atomic E-state index is 0.640. The van der Waals surface area contributed by atoms with Gasteiger partial charge in [0.15, 0.2) is 0 Å². The van der Waals surface area contributed by atoms with Gasteiger partial charge in [-0.1, -0.05) is 72.8 Å². The lowest BCUT2D eigenvalue weighted by atomic mass is 9.95. The van der Waals surface area contributed by atoms with Crippen LogP contribution in [0.5, 0.6) is 0 Å². The molecular weight excluding hydrogens is 309 g/mol. The van der Waals surface area contributed by atoms with E-state index in [0.29, 0.717) is 0 Å². The van der Waals surface area contributed by atoms with Crippen LogP contribution >= 0.6 is 0 Å². The fourth-order valence-electron chi connectivity index (χ4n) is 2.51. The average molecular weight is 324 g/mol. The van der Waals surface area contributed by atoms with Gasteiger partial charge in [0.1, 0.15) is 0 Å². The molecule has 0 fully saturated rings. The molecule has 0 saturated heterocycles. The summed E-state index contributed by atoms with van der Waals surface area (Å²) in [5, 5.41) is 0. The first-order chi connectivity index (χ1) is 11.5. The van der Waals surface area contributed by atoms with E-state index in [9.17, 15) is 13.2 Å². The van der Waals surface area contributed by atoms with Crippen LogP contribution in [0.4, 0.5) is 13.2 Å². The number of hydrogen-bond donors (Lipinski definition) is 0. The minimum Gasteiger partial charge on any atom is -0.166 e. The summed E-state index contributed by atoms with van der Waals surface area (Å²) in [6.45, 7) is 0. The van der Waals surface area contributed by atoms with Crippen molar-refractivity contribution in [3.8, 4) is 0 Å². The smallest absolute Gasteiger partial charge is 0.166 e. The standard InChI is InChI=1S/C21H15F3/c22-21(23,24)19-13-11-18(12-14-19)20(17-9-5-2-6-10-17)15-16-7-3-1-4-8-16/h1-15H/b20-15-. The molecule has 0 bridgehead atoms. The molecule has 0 N–H and O–H groups in total. The van der Waals surface area contributed by atoms with Gasteiger partial charge in [-0.3, -0.25) is 0 Å². The maximum atomic E-state index is 12.8. The Kier molecular flexibility index (Phi) is 4.52. The molecule has 3 heteroatoms. The highest BCUT2D eigenvalue weighted by atomic mass is 19.4. The number of halogens is 3. The number of benzene rings is 3. The predicted molar refractivity (Wildman–Crippen MR) is 91.3 cm³/mol. The molecular formula is C21H15F3. The molecule has 0 aromatic heterocycles. The second kappa shape index (κ2) is 6.75. The first-order valence-corrected chi connectivity index (χ1v) is 7.54. The van der Waals surface area contributed by atoms with Crippen LogP contribution in [0, 0.1) is 0 Å². The van der Waals surface area contributed by atoms with Gasteiger partial charge < -0.3 is 0 Å². The summed E-state index contributed by atoms with van der Waals surface area (Å²) in [6, 6.07) is 24.6. The van der Waals surface area contributed by atoms with Gasteiger partial charge in [-0.15, -0.1) is 0 Å². The van der Waals surface area contributed by atoms with Crippen molar-refractivity contribution in [2.45, 2.75) is 6.18 Å². The summed E-state index contributed by atoms with van der Waals surface area (Å²) < 4.78 is 38.3. The van der Waals surface area contributed by atoms with Crippen LogP contribution < -0.4 is 0 Å². The molecule has 120 valence electrons. The van der Waals surface area contributed by atoms with Gasteiger partial charge in [-0.25, -0.2) is 0 Å². The van der Waals surface area contributed by atoms with Gasteiger partial charge in [0, 0.05) is 0 Å². The summed E-state index contributed by atoms with van der Waals surface area (Å²) in [5.74, 6) is 0. The van der Waals surface area contributed by atoms with E-state index in [2.05, 4.69) is 0 Å². The molecule has 3 aromatic rings. The Balaban J connectivity index is 2.07. The van der Waals surface area contributed by atoms with Crippen LogP contribution in [0.15, 0.2) is 84.9 Å². The Morgan fingerprint density at radius 1 is 0.625 bits per heavy atom. The third-order valence-corrected chi connectivity index (χ3v) is 3.72. The van der Waals surface area contributed by atoms with Crippen molar-refractivity contribution < 1.29 is 13.2 Å². The topological polar surface area (TPSA) is 0 Å². The minimum atomic E-state index is -4.32. The second-order valence-electron chi connectivity index (χ2n) is 5.41. The average Bonchev–Trinajstić information content (AvgIpc) is 2.61. The molecule has 3 rings (SSSR count). The van der Waals surface area contributed by atoms with Crippen molar-refractivity contribution in [2.24, 2.45) is 0 Å². The van der Waals surface area contributed by atoms with Gasteiger partial charge in [-0.05, 0) is 40.5 Å². The van der Waals surface area contributed by atoms with Gasteiger partial charge >= 0.3 is 6.18 Å². The Morgan fingerprint density at radius 3 is 1.67 bits per heavy atom. The van der Waals surface area contributed by atoms with Crippen LogP contribution in [0.2, 0.25) is 0 Å². The number of hydrogen-bond acceptors (Lipinski definition) is 0. The molecule has 0 spiro atoms. The molecule has 0 unspecified atom stereocenters. The molecule has 0 nitrogen and oxygen atoms in total. The highest BCUT2D eigenvalue weighted by molar-refractivity contribution is 5.91. The lowest BCUT2D eigenvalue weighted by Crippen LogP contribution is -2.04. The normalized spacial score (nSPS) is 12.2. The molecule has 0 atom stereocenters. The maximum absolute atomic E-state index is 12.8. The third-order valence-electron chi connectivity index (χ3n) is 3.72. The third kappa shape index (κ3) is 3.74. The van der Waals surface area contributed by atoms with Crippen molar-refractivity contribution in [1.29, 1.82) is 0 Å². The largest absolute Gasteiger partial charge is 0.416 e. The first-order valence-electron chi connectivity index (χ1n) is 7.54. The zero-order valence-corrected chi connectivity index (χ0v) is 12.8. The van der Waals surface area contributed by atoms with Crippen LogP contribution in [0.3, 0.4) is 0 Å². The van der Waals surface area contributed by atoms with Crippen LogP contribution in [0.25, 0.3) is 11.6 Å². The van der Waals surface area contributed by atoms with Crippen LogP contribution in [-0.4, -0.2) is 0 Å². The zero-order valence-electron chi connectivity index (χ0n) is 12.8. The molecule has 0 aliphatic heterocycles. The Morgan fingerprint density at radius 2 is 1.12 bits per heavy atom. The summed E-state index contributed by atoms with van der Waals surface area (Å²) in [4.78, 5) is 0. The van der Waals surface area contributed by atoms with Gasteiger partial charge in [0.2, 0.25) is 0 Å². The zero-order chi connectivity index (χ0) is 17.0. The SMILES string of the molecule is FC(F)(F)c1ccc(/C(=C\c2ccccc2)c2ccccc2)cc1. The predicted octanol–water partition coefficient (Wildman–Crippen LogP) is 6.29. The van der Waals surface area contributed by atoms with Gasteiger partial charge in [-0.2, -0.15) is 13.2 Å². The molecule has 0 aliphatic carbocycles. The van der Waals surface area contributed by atoms with E-state index in [-0.39, 0.29) is 0 Å². The highest BCUT2D eigenvalue weighted by Gasteiger charge is 2.30. The monoisotopic (exact) mass is 324 g/mol. The highest BCUT2D eigenvalue weighted by Crippen LogP contribution is 2.32. The van der Waals surface area contributed by atoms with Crippen LogP contribution in [-0.2, 0) is 6.18 Å². The Bertz CT molecular complexity index is 814. The van der Waals surface area contributed by atoms with E-state index in [1.807, 2.05) is 66.7 Å². The van der Waals surface area contributed by atoms with Gasteiger partial charge in [0.05, 0.1) is 5.56 Å². The molecule has 0 amide bonds. The van der Waals surface area contributed by atoms with E-state index in [0.717, 1.165) is 34.4 Å². The van der Waals surface area contributed by atoms with E-state index in [1.165, 1.54) is 12.1 Å². The van der Waals surface area contributed by atoms with E-state index in [4.69, 9.17) is 0 Å². The van der Waals surface area contributed by atoms with Crippen LogP contribution in [0.1, 0.15) is 22.3 Å². The number of alkyl halides is 3. The maximum Gasteiger partial charge on any atom is 0.416 e. The van der Waals surface area contributed by atoms with E-state index >= 15 is 0 Å². The van der Waals surface area contributed by atoms with E-state index < -0.39 is 11.7 Å². The molecule has 0 heterocycles. The van der Waals surface area contributed by atoms with Crippen molar-refractivity contribution in [3.05, 3.63) is 107 Å². The molecule has 0 saturated carbocycles. The van der Waals surface area contributed by atoms with E-state index in [1.54, 1.807) is 0 Å². The fourth-order valence-corrected chi connectivity index (χ4v) is 2.51. The summed E-state index contributed by atoms with van der Waals surface area (Å²) in [7, 11) is 0. The lowest BCUT2D eigenvalue weighted by Gasteiger charge is -2.11. The summed E-state index contributed by atoms with van der Waals surface area (Å²) in [6.07, 6.45) is -2.34. The molecule has 0 aliphatic rings. The van der Waals surface area contributed by atoms with Crippen molar-refractivity contribution in [3.63, 3.8) is 0 Å². The van der Waals surface area contributed by atoms with Crippen molar-refractivity contribution in [1.82, 2.24) is 0 Å². The Labute approximate surface area is 138 Å². The fraction of sp³-hybridized carbons (Fsp3) is 0.0476. The quantitative estimate of drug-likeness (QED) is 0.496. The first kappa shape index (κ1) is 16.1. The Hall–Kier alpha value is -2.81. The summed E-state index contributed by atoms with van der Waals surface area (Å²) >= 11 is 0. The molecule has 3 aromatic carbocycles. The van der Waals surface area contributed by atoms with Crippen molar-refractivity contribution in [2.75, 3.05) is 0 Å². The molecule has 0 radical (unpaired) electrons. The second-order valence-corrected chi connectivity index (χ2v) is 5.41.